The fourth-order valence-electron chi connectivity index (χ4n) is 3.32. The summed E-state index contributed by atoms with van der Waals surface area (Å²) in [7, 11) is -3.58. The van der Waals surface area contributed by atoms with E-state index in [-0.39, 0.29) is 16.7 Å². The highest BCUT2D eigenvalue weighted by molar-refractivity contribution is 7.99. The number of hydrogen-bond acceptors (Lipinski definition) is 5. The summed E-state index contributed by atoms with van der Waals surface area (Å²) in [6.07, 6.45) is 3.25. The zero-order chi connectivity index (χ0) is 19.4. The van der Waals surface area contributed by atoms with E-state index in [1.165, 1.54) is 12.8 Å². The van der Waals surface area contributed by atoms with Crippen molar-refractivity contribution in [2.75, 3.05) is 37.2 Å². The van der Waals surface area contributed by atoms with E-state index in [2.05, 4.69) is 21.9 Å². The summed E-state index contributed by atoms with van der Waals surface area (Å²) in [6, 6.07) is 4.96. The molecule has 1 amide bonds. The first-order chi connectivity index (χ1) is 12.8. The molecule has 27 heavy (non-hydrogen) atoms. The van der Waals surface area contributed by atoms with E-state index in [0.717, 1.165) is 36.9 Å². The SMILES string of the molecule is CC1CCN(CCCNS(=O)(=O)c2ccc3c(c2)NC(=O)[C@H](C)CS3)CC1. The second-order valence-electron chi connectivity index (χ2n) is 7.63. The van der Waals surface area contributed by atoms with Crippen molar-refractivity contribution in [2.24, 2.45) is 11.8 Å². The molecule has 0 aromatic heterocycles. The van der Waals surface area contributed by atoms with E-state index in [1.807, 2.05) is 6.92 Å². The fourth-order valence-corrected chi connectivity index (χ4v) is 5.43. The smallest absolute Gasteiger partial charge is 0.240 e. The van der Waals surface area contributed by atoms with E-state index in [0.29, 0.717) is 18.0 Å². The standard InChI is InChI=1S/C19H29N3O3S2/c1-14-6-10-22(11-7-14)9-3-8-20-27(24,25)16-4-5-18-17(12-16)21-19(23)15(2)13-26-18/h4-5,12,14-15,20H,3,6-11,13H2,1-2H3,(H,21,23)/t15-/m1/s1. The molecule has 2 N–H and O–H groups in total. The molecule has 1 saturated heterocycles. The first-order valence-corrected chi connectivity index (χ1v) is 12.1. The van der Waals surface area contributed by atoms with Gasteiger partial charge in [-0.3, -0.25) is 4.79 Å². The van der Waals surface area contributed by atoms with Crippen molar-refractivity contribution in [2.45, 2.75) is 42.9 Å². The van der Waals surface area contributed by atoms with Crippen molar-refractivity contribution in [1.29, 1.82) is 0 Å². The van der Waals surface area contributed by atoms with Crippen LogP contribution in [0.3, 0.4) is 0 Å². The van der Waals surface area contributed by atoms with E-state index in [1.54, 1.807) is 30.0 Å². The number of hydrogen-bond donors (Lipinski definition) is 2. The Kier molecular flexibility index (Phi) is 6.83. The number of rotatable bonds is 6. The molecule has 1 aromatic rings. The van der Waals surface area contributed by atoms with Gasteiger partial charge in [0.15, 0.2) is 0 Å². The average Bonchev–Trinajstić information content (AvgIpc) is 2.78. The van der Waals surface area contributed by atoms with E-state index >= 15 is 0 Å². The zero-order valence-electron chi connectivity index (χ0n) is 16.0. The Labute approximate surface area is 166 Å². The summed E-state index contributed by atoms with van der Waals surface area (Å²) in [4.78, 5) is 15.5. The monoisotopic (exact) mass is 411 g/mol. The highest BCUT2D eigenvalue weighted by Crippen LogP contribution is 2.34. The van der Waals surface area contributed by atoms with Crippen LogP contribution in [0.25, 0.3) is 0 Å². The summed E-state index contributed by atoms with van der Waals surface area (Å²) in [5.74, 6) is 1.32. The maximum absolute atomic E-state index is 12.6. The summed E-state index contributed by atoms with van der Waals surface area (Å²) in [5, 5.41) is 2.84. The van der Waals surface area contributed by atoms with Gasteiger partial charge in [-0.05, 0) is 63.0 Å². The van der Waals surface area contributed by atoms with Gasteiger partial charge in [0.25, 0.3) is 0 Å². The Bertz CT molecular complexity index is 774. The lowest BCUT2D eigenvalue weighted by Gasteiger charge is -2.30. The largest absolute Gasteiger partial charge is 0.325 e. The first-order valence-electron chi connectivity index (χ1n) is 9.65. The minimum atomic E-state index is -3.58. The van der Waals surface area contributed by atoms with Crippen LogP contribution in [-0.2, 0) is 14.8 Å². The van der Waals surface area contributed by atoms with Gasteiger partial charge in [0.05, 0.1) is 10.6 Å². The average molecular weight is 412 g/mol. The van der Waals surface area contributed by atoms with Crippen LogP contribution < -0.4 is 10.0 Å². The Morgan fingerprint density at radius 1 is 1.26 bits per heavy atom. The summed E-state index contributed by atoms with van der Waals surface area (Å²) >= 11 is 1.57. The van der Waals surface area contributed by atoms with Gasteiger partial charge in [-0.2, -0.15) is 0 Å². The van der Waals surface area contributed by atoms with Gasteiger partial charge in [-0.1, -0.05) is 13.8 Å². The van der Waals surface area contributed by atoms with Crippen molar-refractivity contribution in [3.05, 3.63) is 18.2 Å². The lowest BCUT2D eigenvalue weighted by Crippen LogP contribution is -2.35. The van der Waals surface area contributed by atoms with Crippen molar-refractivity contribution < 1.29 is 13.2 Å². The minimum Gasteiger partial charge on any atom is -0.325 e. The van der Waals surface area contributed by atoms with Crippen LogP contribution in [0, 0.1) is 11.8 Å². The van der Waals surface area contributed by atoms with Crippen LogP contribution in [0.15, 0.2) is 28.0 Å². The van der Waals surface area contributed by atoms with Gasteiger partial charge in [-0.15, -0.1) is 11.8 Å². The molecule has 2 aliphatic heterocycles. The van der Waals surface area contributed by atoms with E-state index in [9.17, 15) is 13.2 Å². The highest BCUT2D eigenvalue weighted by atomic mass is 32.2. The molecule has 1 aromatic carbocycles. The molecule has 0 spiro atoms. The third-order valence-corrected chi connectivity index (χ3v) is 8.07. The zero-order valence-corrected chi connectivity index (χ0v) is 17.7. The molecule has 6 nitrogen and oxygen atoms in total. The molecule has 8 heteroatoms. The second kappa shape index (κ2) is 8.94. The number of thioether (sulfide) groups is 1. The number of carbonyl (C=O) groups is 1. The van der Waals surface area contributed by atoms with Crippen LogP contribution in [0.2, 0.25) is 0 Å². The number of carbonyl (C=O) groups excluding carboxylic acids is 1. The van der Waals surface area contributed by atoms with Crippen LogP contribution >= 0.6 is 11.8 Å². The third kappa shape index (κ3) is 5.47. The summed E-state index contributed by atoms with van der Waals surface area (Å²) in [5.41, 5.74) is 0.583. The number of benzene rings is 1. The maximum atomic E-state index is 12.6. The number of nitrogens with one attached hydrogen (secondary N) is 2. The predicted molar refractivity (Wildman–Crippen MR) is 110 cm³/mol. The van der Waals surface area contributed by atoms with Crippen LogP contribution in [0.4, 0.5) is 5.69 Å². The molecule has 0 saturated carbocycles. The molecule has 150 valence electrons. The lowest BCUT2D eigenvalue weighted by atomic mass is 9.99. The Morgan fingerprint density at radius 3 is 2.74 bits per heavy atom. The molecule has 0 unspecified atom stereocenters. The third-order valence-electron chi connectivity index (χ3n) is 5.28. The maximum Gasteiger partial charge on any atom is 0.240 e. The molecular formula is C19H29N3O3S2. The van der Waals surface area contributed by atoms with Gasteiger partial charge in [0.1, 0.15) is 0 Å². The quantitative estimate of drug-likeness (QED) is 0.704. The number of nitrogens with zero attached hydrogens (tertiary/aromatic N) is 1. The Hall–Kier alpha value is -1.09. The lowest BCUT2D eigenvalue weighted by molar-refractivity contribution is -0.118. The number of piperidine rings is 1. The van der Waals surface area contributed by atoms with Gasteiger partial charge < -0.3 is 10.2 Å². The molecule has 2 heterocycles. The van der Waals surface area contributed by atoms with E-state index in [4.69, 9.17) is 0 Å². The summed E-state index contributed by atoms with van der Waals surface area (Å²) < 4.78 is 27.9. The molecule has 2 aliphatic rings. The number of anilines is 1. The van der Waals surface area contributed by atoms with Crippen molar-refractivity contribution >= 4 is 33.4 Å². The molecule has 0 aliphatic carbocycles. The molecule has 1 fully saturated rings. The van der Waals surface area contributed by atoms with E-state index < -0.39 is 10.0 Å². The Balaban J connectivity index is 1.55. The number of amides is 1. The normalized spacial score (nSPS) is 22.1. The van der Waals surface area contributed by atoms with Gasteiger partial charge >= 0.3 is 0 Å². The molecular weight excluding hydrogens is 382 g/mol. The Morgan fingerprint density at radius 2 is 2.00 bits per heavy atom. The fraction of sp³-hybridized carbons (Fsp3) is 0.632. The topological polar surface area (TPSA) is 78.5 Å². The van der Waals surface area contributed by atoms with Crippen molar-refractivity contribution in [1.82, 2.24) is 9.62 Å². The number of likely N-dealkylation sites (tertiary alicyclic amines) is 1. The van der Waals surface area contributed by atoms with Gasteiger partial charge in [0, 0.05) is 23.1 Å². The number of fused-ring (bicyclic) bond motifs is 1. The van der Waals surface area contributed by atoms with Crippen molar-refractivity contribution in [3.63, 3.8) is 0 Å². The van der Waals surface area contributed by atoms with Crippen molar-refractivity contribution in [3.8, 4) is 0 Å². The predicted octanol–water partition coefficient (Wildman–Crippen LogP) is 2.77. The molecule has 1 atom stereocenters. The summed E-state index contributed by atoms with van der Waals surface area (Å²) in [6.45, 7) is 7.71. The first kappa shape index (κ1) is 20.6. The van der Waals surface area contributed by atoms with Gasteiger partial charge in [-0.25, -0.2) is 13.1 Å². The second-order valence-corrected chi connectivity index (χ2v) is 10.5. The van der Waals surface area contributed by atoms with Crippen LogP contribution in [-0.4, -0.2) is 51.2 Å². The highest BCUT2D eigenvalue weighted by Gasteiger charge is 2.23. The van der Waals surface area contributed by atoms with Crippen LogP contribution in [0.5, 0.6) is 0 Å². The minimum absolute atomic E-state index is 0.0698. The molecule has 3 rings (SSSR count). The molecule has 0 bridgehead atoms. The van der Waals surface area contributed by atoms with Crippen LogP contribution in [0.1, 0.15) is 33.1 Å². The van der Waals surface area contributed by atoms with Gasteiger partial charge in [0.2, 0.25) is 15.9 Å². The number of sulfonamides is 1. The molecule has 0 radical (unpaired) electrons.